The van der Waals surface area contributed by atoms with E-state index in [-0.39, 0.29) is 6.10 Å². The molecule has 1 atom stereocenters. The molecule has 0 saturated carbocycles. The minimum absolute atomic E-state index is 0.183. The minimum atomic E-state index is 0.183. The maximum atomic E-state index is 5.56. The molecule has 1 aromatic rings. The van der Waals surface area contributed by atoms with Crippen molar-refractivity contribution in [3.8, 4) is 0 Å². The smallest absolute Gasteiger partial charge is 0.104 e. The number of hydrogen-bond donors (Lipinski definition) is 2. The van der Waals surface area contributed by atoms with Crippen LogP contribution in [-0.4, -0.2) is 24.2 Å². The van der Waals surface area contributed by atoms with Gasteiger partial charge in [0.2, 0.25) is 0 Å². The zero-order chi connectivity index (χ0) is 12.8. The second-order valence-corrected chi connectivity index (χ2v) is 5.00. The summed E-state index contributed by atoms with van der Waals surface area (Å²) in [4.78, 5) is 0.403. The van der Waals surface area contributed by atoms with Crippen molar-refractivity contribution in [2.45, 2.75) is 20.0 Å². The molecular weight excluding hydrogens is 300 g/mol. The summed E-state index contributed by atoms with van der Waals surface area (Å²) in [5.74, 6) is 0. The fourth-order valence-corrected chi connectivity index (χ4v) is 2.05. The Labute approximate surface area is 116 Å². The predicted octanol–water partition coefficient (Wildman–Crippen LogP) is 2.92. The van der Waals surface area contributed by atoms with Crippen molar-refractivity contribution in [3.05, 3.63) is 28.2 Å². The van der Waals surface area contributed by atoms with Crippen LogP contribution >= 0.6 is 28.1 Å². The monoisotopic (exact) mass is 316 g/mol. The molecule has 0 amide bonds. The number of halogens is 1. The Morgan fingerprint density at radius 1 is 1.59 bits per heavy atom. The molecule has 3 N–H and O–H groups in total. The number of anilines is 1. The summed E-state index contributed by atoms with van der Waals surface area (Å²) >= 11 is 8.41. The fraction of sp³-hybridized carbons (Fsp3) is 0.417. The lowest BCUT2D eigenvalue weighted by molar-refractivity contribution is 0.0855. The van der Waals surface area contributed by atoms with Gasteiger partial charge in [0.15, 0.2) is 0 Å². The lowest BCUT2D eigenvalue weighted by Gasteiger charge is -2.15. The van der Waals surface area contributed by atoms with E-state index in [1.54, 1.807) is 0 Å². The first-order valence-corrected chi connectivity index (χ1v) is 6.69. The molecule has 1 rings (SSSR count). The highest BCUT2D eigenvalue weighted by Gasteiger charge is 2.05. The van der Waals surface area contributed by atoms with Crippen molar-refractivity contribution >= 4 is 38.8 Å². The molecule has 5 heteroatoms. The SMILES string of the molecule is CCOC(C)CNc1ccc(C(N)=S)cc1Br. The van der Waals surface area contributed by atoms with Gasteiger partial charge in [0.05, 0.1) is 6.10 Å². The first-order chi connectivity index (χ1) is 8.04. The van der Waals surface area contributed by atoms with E-state index < -0.39 is 0 Å². The summed E-state index contributed by atoms with van der Waals surface area (Å²) in [7, 11) is 0. The largest absolute Gasteiger partial charge is 0.389 e. The predicted molar refractivity (Wildman–Crippen MR) is 79.6 cm³/mol. The molecule has 0 radical (unpaired) electrons. The number of ether oxygens (including phenoxy) is 1. The normalized spacial score (nSPS) is 12.2. The molecule has 0 aliphatic carbocycles. The molecule has 0 fully saturated rings. The van der Waals surface area contributed by atoms with Crippen molar-refractivity contribution < 1.29 is 4.74 Å². The van der Waals surface area contributed by atoms with E-state index in [0.29, 0.717) is 4.99 Å². The first kappa shape index (κ1) is 14.4. The third-order valence-electron chi connectivity index (χ3n) is 2.28. The zero-order valence-corrected chi connectivity index (χ0v) is 12.4. The summed E-state index contributed by atoms with van der Waals surface area (Å²) in [6, 6.07) is 5.77. The van der Waals surface area contributed by atoms with Crippen LogP contribution in [0.5, 0.6) is 0 Å². The molecule has 0 spiro atoms. The van der Waals surface area contributed by atoms with E-state index >= 15 is 0 Å². The molecule has 17 heavy (non-hydrogen) atoms. The standard InChI is InChI=1S/C12H17BrN2OS/c1-3-16-8(2)7-15-11-5-4-9(12(14)17)6-10(11)13/h4-6,8,15H,3,7H2,1-2H3,(H2,14,17). The van der Waals surface area contributed by atoms with Crippen LogP contribution in [0.1, 0.15) is 19.4 Å². The molecule has 3 nitrogen and oxygen atoms in total. The van der Waals surface area contributed by atoms with Gasteiger partial charge in [-0.1, -0.05) is 12.2 Å². The van der Waals surface area contributed by atoms with Crippen molar-refractivity contribution in [2.75, 3.05) is 18.5 Å². The Hall–Kier alpha value is -0.650. The second kappa shape index (κ2) is 6.93. The number of benzene rings is 1. The highest BCUT2D eigenvalue weighted by atomic mass is 79.9. The van der Waals surface area contributed by atoms with Crippen LogP contribution in [0.3, 0.4) is 0 Å². The number of nitrogens with one attached hydrogen (secondary N) is 1. The van der Waals surface area contributed by atoms with Gasteiger partial charge >= 0.3 is 0 Å². The third-order valence-corrected chi connectivity index (χ3v) is 3.18. The Balaban J connectivity index is 2.63. The number of hydrogen-bond acceptors (Lipinski definition) is 3. The number of rotatable bonds is 6. The van der Waals surface area contributed by atoms with Crippen LogP contribution in [0.15, 0.2) is 22.7 Å². The van der Waals surface area contributed by atoms with Crippen molar-refractivity contribution in [3.63, 3.8) is 0 Å². The van der Waals surface area contributed by atoms with Gasteiger partial charge < -0.3 is 15.8 Å². The molecule has 0 aliphatic rings. The first-order valence-electron chi connectivity index (χ1n) is 5.49. The van der Waals surface area contributed by atoms with Crippen LogP contribution in [0.2, 0.25) is 0 Å². The van der Waals surface area contributed by atoms with Crippen LogP contribution in [0.4, 0.5) is 5.69 Å². The summed E-state index contributed by atoms with van der Waals surface area (Å²) in [5, 5.41) is 3.31. The Bertz CT molecular complexity index is 398. The van der Waals surface area contributed by atoms with E-state index in [2.05, 4.69) is 21.2 Å². The van der Waals surface area contributed by atoms with Crippen molar-refractivity contribution in [2.24, 2.45) is 5.73 Å². The lowest BCUT2D eigenvalue weighted by Crippen LogP contribution is -2.20. The molecule has 0 aliphatic heterocycles. The molecule has 1 aromatic carbocycles. The molecule has 1 unspecified atom stereocenters. The molecule has 0 heterocycles. The van der Waals surface area contributed by atoms with Gasteiger partial charge in [0.25, 0.3) is 0 Å². The summed E-state index contributed by atoms with van der Waals surface area (Å²) < 4.78 is 6.40. The molecule has 0 bridgehead atoms. The van der Waals surface area contributed by atoms with E-state index in [1.807, 2.05) is 32.0 Å². The van der Waals surface area contributed by atoms with Gasteiger partial charge in [-0.3, -0.25) is 0 Å². The van der Waals surface area contributed by atoms with E-state index in [0.717, 1.165) is 28.9 Å². The Morgan fingerprint density at radius 2 is 2.29 bits per heavy atom. The van der Waals surface area contributed by atoms with Gasteiger partial charge in [0, 0.05) is 28.9 Å². The van der Waals surface area contributed by atoms with Crippen LogP contribution in [0.25, 0.3) is 0 Å². The van der Waals surface area contributed by atoms with E-state index in [9.17, 15) is 0 Å². The van der Waals surface area contributed by atoms with Gasteiger partial charge in [-0.2, -0.15) is 0 Å². The quantitative estimate of drug-likeness (QED) is 0.792. The number of thiocarbonyl (C=S) groups is 1. The lowest BCUT2D eigenvalue weighted by atomic mass is 10.2. The van der Waals surface area contributed by atoms with Gasteiger partial charge in [-0.25, -0.2) is 0 Å². The van der Waals surface area contributed by atoms with E-state index in [4.69, 9.17) is 22.7 Å². The fourth-order valence-electron chi connectivity index (χ4n) is 1.41. The van der Waals surface area contributed by atoms with Gasteiger partial charge in [-0.05, 0) is 48.0 Å². The molecule has 94 valence electrons. The topological polar surface area (TPSA) is 47.3 Å². The van der Waals surface area contributed by atoms with Crippen molar-refractivity contribution in [1.82, 2.24) is 0 Å². The average Bonchev–Trinajstić information content (AvgIpc) is 2.27. The highest BCUT2D eigenvalue weighted by Crippen LogP contribution is 2.23. The highest BCUT2D eigenvalue weighted by molar-refractivity contribution is 9.10. The summed E-state index contributed by atoms with van der Waals surface area (Å²) in [6.45, 7) is 5.51. The maximum Gasteiger partial charge on any atom is 0.104 e. The average molecular weight is 317 g/mol. The summed E-state index contributed by atoms with van der Waals surface area (Å²) in [6.07, 6.45) is 0.183. The minimum Gasteiger partial charge on any atom is -0.389 e. The van der Waals surface area contributed by atoms with E-state index in [1.165, 1.54) is 0 Å². The molecule has 0 aromatic heterocycles. The second-order valence-electron chi connectivity index (χ2n) is 3.71. The van der Waals surface area contributed by atoms with Crippen molar-refractivity contribution in [1.29, 1.82) is 0 Å². The molecule has 0 saturated heterocycles. The zero-order valence-electron chi connectivity index (χ0n) is 10.00. The van der Waals surface area contributed by atoms with Crippen LogP contribution in [-0.2, 0) is 4.74 Å². The van der Waals surface area contributed by atoms with Crippen LogP contribution < -0.4 is 11.1 Å². The Morgan fingerprint density at radius 3 is 2.82 bits per heavy atom. The van der Waals surface area contributed by atoms with Crippen LogP contribution in [0, 0.1) is 0 Å². The Kier molecular flexibility index (Phi) is 5.88. The maximum absolute atomic E-state index is 5.56. The third kappa shape index (κ3) is 4.61. The van der Waals surface area contributed by atoms with Gasteiger partial charge in [0.1, 0.15) is 4.99 Å². The molecular formula is C12H17BrN2OS. The van der Waals surface area contributed by atoms with Gasteiger partial charge in [-0.15, -0.1) is 0 Å². The number of nitrogens with two attached hydrogens (primary N) is 1. The summed E-state index contributed by atoms with van der Waals surface area (Å²) in [5.41, 5.74) is 7.43.